The molecule has 0 unspecified atom stereocenters. The van der Waals surface area contributed by atoms with Gasteiger partial charge in [-0.3, -0.25) is 4.79 Å². The number of carbonyl (C=O) groups excluding carboxylic acids is 2. The normalized spacial score (nSPS) is 10.1. The van der Waals surface area contributed by atoms with Crippen LogP contribution in [-0.4, -0.2) is 18.5 Å². The van der Waals surface area contributed by atoms with E-state index in [1.807, 2.05) is 0 Å². The van der Waals surface area contributed by atoms with E-state index in [0.717, 1.165) is 6.07 Å². The first-order valence-corrected chi connectivity index (χ1v) is 6.92. The third-order valence-corrected chi connectivity index (χ3v) is 3.09. The molecule has 0 aromatic heterocycles. The van der Waals surface area contributed by atoms with Gasteiger partial charge in [0.05, 0.1) is 11.3 Å². The molecule has 1 N–H and O–H groups in total. The largest absolute Gasteiger partial charge is 0.452 e. The SMILES string of the molecule is O=C(COC(=O)c1cccc(F)c1)Nc1ccc(Br)cc1F. The number of ether oxygens (including phenoxy) is 1. The van der Waals surface area contributed by atoms with E-state index in [0.29, 0.717) is 4.47 Å². The van der Waals surface area contributed by atoms with Gasteiger partial charge in [-0.1, -0.05) is 22.0 Å². The molecule has 114 valence electrons. The van der Waals surface area contributed by atoms with E-state index in [-0.39, 0.29) is 11.3 Å². The van der Waals surface area contributed by atoms with Crippen molar-refractivity contribution in [2.45, 2.75) is 0 Å². The van der Waals surface area contributed by atoms with Gasteiger partial charge >= 0.3 is 5.97 Å². The third kappa shape index (κ3) is 4.36. The van der Waals surface area contributed by atoms with Crippen LogP contribution in [0, 0.1) is 11.6 Å². The van der Waals surface area contributed by atoms with Crippen molar-refractivity contribution in [1.29, 1.82) is 0 Å². The number of rotatable bonds is 4. The Labute approximate surface area is 133 Å². The first kappa shape index (κ1) is 16.1. The van der Waals surface area contributed by atoms with Gasteiger partial charge in [0.1, 0.15) is 11.6 Å². The fourth-order valence-electron chi connectivity index (χ4n) is 1.61. The van der Waals surface area contributed by atoms with Gasteiger partial charge in [0, 0.05) is 4.47 Å². The minimum Gasteiger partial charge on any atom is -0.452 e. The van der Waals surface area contributed by atoms with E-state index in [4.69, 9.17) is 4.74 Å². The van der Waals surface area contributed by atoms with Crippen molar-refractivity contribution in [3.63, 3.8) is 0 Å². The maximum atomic E-state index is 13.5. The summed E-state index contributed by atoms with van der Waals surface area (Å²) in [7, 11) is 0. The number of benzene rings is 2. The molecule has 0 aliphatic heterocycles. The molecule has 7 heteroatoms. The van der Waals surface area contributed by atoms with Gasteiger partial charge in [-0.2, -0.15) is 0 Å². The molecule has 0 spiro atoms. The van der Waals surface area contributed by atoms with Crippen molar-refractivity contribution < 1.29 is 23.1 Å². The third-order valence-electron chi connectivity index (χ3n) is 2.60. The van der Waals surface area contributed by atoms with E-state index in [1.165, 1.54) is 30.3 Å². The number of anilines is 1. The number of amides is 1. The van der Waals surface area contributed by atoms with Gasteiger partial charge in [-0.15, -0.1) is 0 Å². The molecule has 0 atom stereocenters. The predicted molar refractivity (Wildman–Crippen MR) is 79.4 cm³/mol. The summed E-state index contributed by atoms with van der Waals surface area (Å²) in [6.45, 7) is -0.606. The maximum absolute atomic E-state index is 13.5. The summed E-state index contributed by atoms with van der Waals surface area (Å²) in [5.74, 6) is -2.76. The van der Waals surface area contributed by atoms with E-state index < -0.39 is 30.1 Å². The van der Waals surface area contributed by atoms with E-state index in [9.17, 15) is 18.4 Å². The minimum absolute atomic E-state index is 0.0115. The summed E-state index contributed by atoms with van der Waals surface area (Å²) < 4.78 is 31.7. The number of hydrogen-bond donors (Lipinski definition) is 1. The Hall–Kier alpha value is -2.28. The van der Waals surface area contributed by atoms with Crippen LogP contribution in [0.2, 0.25) is 0 Å². The lowest BCUT2D eigenvalue weighted by Crippen LogP contribution is -2.21. The summed E-state index contributed by atoms with van der Waals surface area (Å²) in [5, 5.41) is 2.27. The highest BCUT2D eigenvalue weighted by Gasteiger charge is 2.12. The molecule has 4 nitrogen and oxygen atoms in total. The predicted octanol–water partition coefficient (Wildman–Crippen LogP) is 3.52. The second kappa shape index (κ2) is 7.13. The van der Waals surface area contributed by atoms with Gasteiger partial charge in [-0.05, 0) is 36.4 Å². The highest BCUT2D eigenvalue weighted by molar-refractivity contribution is 9.10. The summed E-state index contributed by atoms with van der Waals surface area (Å²) in [6, 6.07) is 8.99. The average molecular weight is 370 g/mol. The second-order valence-corrected chi connectivity index (χ2v) is 5.17. The van der Waals surface area contributed by atoms with Gasteiger partial charge in [0.25, 0.3) is 5.91 Å². The number of carbonyl (C=O) groups is 2. The van der Waals surface area contributed by atoms with E-state index >= 15 is 0 Å². The lowest BCUT2D eigenvalue weighted by molar-refractivity contribution is -0.119. The number of esters is 1. The molecule has 0 radical (unpaired) electrons. The minimum atomic E-state index is -0.842. The zero-order valence-corrected chi connectivity index (χ0v) is 12.7. The van der Waals surface area contributed by atoms with Crippen LogP contribution >= 0.6 is 15.9 Å². The van der Waals surface area contributed by atoms with Crippen LogP contribution in [0.1, 0.15) is 10.4 Å². The molecule has 2 rings (SSSR count). The lowest BCUT2D eigenvalue weighted by Gasteiger charge is -2.07. The molecule has 0 bridgehead atoms. The van der Waals surface area contributed by atoms with Gasteiger partial charge in [-0.25, -0.2) is 13.6 Å². The summed E-state index contributed by atoms with van der Waals surface area (Å²) in [5.41, 5.74) is -0.0439. The quantitative estimate of drug-likeness (QED) is 0.838. The molecule has 0 saturated carbocycles. The molecule has 0 saturated heterocycles. The van der Waals surface area contributed by atoms with Crippen molar-refractivity contribution >= 4 is 33.5 Å². The zero-order chi connectivity index (χ0) is 16.1. The van der Waals surface area contributed by atoms with Gasteiger partial charge in [0.15, 0.2) is 6.61 Å². The highest BCUT2D eigenvalue weighted by atomic mass is 79.9. The molecule has 22 heavy (non-hydrogen) atoms. The fraction of sp³-hybridized carbons (Fsp3) is 0.0667. The van der Waals surface area contributed by atoms with Crippen molar-refractivity contribution in [2.24, 2.45) is 0 Å². The molecule has 0 fully saturated rings. The first-order valence-electron chi connectivity index (χ1n) is 6.13. The molecular weight excluding hydrogens is 360 g/mol. The number of halogens is 3. The Morgan fingerprint density at radius 3 is 2.59 bits per heavy atom. The Morgan fingerprint density at radius 2 is 1.91 bits per heavy atom. The zero-order valence-electron chi connectivity index (χ0n) is 11.1. The Morgan fingerprint density at radius 1 is 1.14 bits per heavy atom. The Balaban J connectivity index is 1.91. The topological polar surface area (TPSA) is 55.4 Å². The van der Waals surface area contributed by atoms with Gasteiger partial charge in [0.2, 0.25) is 0 Å². The molecule has 2 aromatic carbocycles. The molecule has 0 aliphatic carbocycles. The lowest BCUT2D eigenvalue weighted by atomic mass is 10.2. The monoisotopic (exact) mass is 369 g/mol. The van der Waals surface area contributed by atoms with Crippen molar-refractivity contribution in [3.05, 3.63) is 64.1 Å². The molecule has 1 amide bonds. The van der Waals surface area contributed by atoms with Crippen LogP contribution in [0.3, 0.4) is 0 Å². The van der Waals surface area contributed by atoms with Crippen LogP contribution in [0.4, 0.5) is 14.5 Å². The molecule has 0 heterocycles. The van der Waals surface area contributed by atoms with Crippen LogP contribution in [-0.2, 0) is 9.53 Å². The number of nitrogens with one attached hydrogen (secondary N) is 1. The van der Waals surface area contributed by atoms with Crippen molar-refractivity contribution in [2.75, 3.05) is 11.9 Å². The summed E-state index contributed by atoms with van der Waals surface area (Å²) in [6.07, 6.45) is 0. The molecule has 0 aliphatic rings. The maximum Gasteiger partial charge on any atom is 0.338 e. The first-order chi connectivity index (χ1) is 10.5. The van der Waals surface area contributed by atoms with Crippen LogP contribution in [0.15, 0.2) is 46.9 Å². The van der Waals surface area contributed by atoms with Crippen molar-refractivity contribution in [3.8, 4) is 0 Å². The summed E-state index contributed by atoms with van der Waals surface area (Å²) in [4.78, 5) is 23.2. The van der Waals surface area contributed by atoms with E-state index in [1.54, 1.807) is 6.07 Å². The Bertz CT molecular complexity index is 722. The molecule has 2 aromatic rings. The van der Waals surface area contributed by atoms with Crippen LogP contribution in [0.5, 0.6) is 0 Å². The smallest absolute Gasteiger partial charge is 0.338 e. The van der Waals surface area contributed by atoms with E-state index in [2.05, 4.69) is 21.2 Å². The van der Waals surface area contributed by atoms with Gasteiger partial charge < -0.3 is 10.1 Å². The fourth-order valence-corrected chi connectivity index (χ4v) is 1.94. The molecular formula is C15H10BrF2NO3. The highest BCUT2D eigenvalue weighted by Crippen LogP contribution is 2.19. The standard InChI is InChI=1S/C15H10BrF2NO3/c16-10-4-5-13(12(18)7-10)19-14(20)8-22-15(21)9-2-1-3-11(17)6-9/h1-7H,8H2,(H,19,20). The summed E-state index contributed by atoms with van der Waals surface area (Å²) >= 11 is 3.09. The Kier molecular flexibility index (Phi) is 5.21. The number of hydrogen-bond acceptors (Lipinski definition) is 3. The second-order valence-electron chi connectivity index (χ2n) is 4.26. The average Bonchev–Trinajstić information content (AvgIpc) is 2.47. The van der Waals surface area contributed by atoms with Crippen LogP contribution in [0.25, 0.3) is 0 Å². The van der Waals surface area contributed by atoms with Crippen molar-refractivity contribution in [1.82, 2.24) is 0 Å². The van der Waals surface area contributed by atoms with Crippen LogP contribution < -0.4 is 5.32 Å².